The fourth-order valence-electron chi connectivity index (χ4n) is 2.09. The summed E-state index contributed by atoms with van der Waals surface area (Å²) < 4.78 is 78.2. The molecule has 0 aliphatic rings. The second kappa shape index (κ2) is 6.51. The number of alkyl halides is 6. The van der Waals surface area contributed by atoms with E-state index >= 15 is 0 Å². The number of aromatic amines is 1. The molecule has 0 fully saturated rings. The molecule has 3 nitrogen and oxygen atoms in total. The third-order valence-electron chi connectivity index (χ3n) is 3.22. The predicted octanol–water partition coefficient (Wildman–Crippen LogP) is 4.80. The number of allylic oxidation sites excluding steroid dienone is 4. The van der Waals surface area contributed by atoms with Gasteiger partial charge in [-0.2, -0.15) is 31.4 Å². The summed E-state index contributed by atoms with van der Waals surface area (Å²) in [5.74, 6) is -1.47. The first-order valence-electron chi connectivity index (χ1n) is 6.37. The number of hydrogen-bond acceptors (Lipinski definition) is 2. The summed E-state index contributed by atoms with van der Waals surface area (Å²) in [7, 11) is 1.32. The highest BCUT2D eigenvalue weighted by atomic mass is 19.4. The maximum atomic E-state index is 13.0. The van der Waals surface area contributed by atoms with Gasteiger partial charge in [-0.05, 0) is 5.57 Å². The van der Waals surface area contributed by atoms with Crippen molar-refractivity contribution in [2.24, 2.45) is 0 Å². The number of nitrogens with zero attached hydrogens (tertiary/aromatic N) is 1. The van der Waals surface area contributed by atoms with E-state index in [1.165, 1.54) is 14.0 Å². The van der Waals surface area contributed by atoms with Crippen LogP contribution in [-0.4, -0.2) is 23.4 Å². The summed E-state index contributed by atoms with van der Waals surface area (Å²) in [4.78, 5) is 0. The standard InChI is InChI=1S/C14H15F6N3/c1-5-6-9(13(15,16)17)7(2)8(3)10-11(14(18,19)20)22-23-12(10)21-4/h5-6,8H,1-2H2,3-4H3,(H2,21,22,23). The first kappa shape index (κ1) is 18.9. The number of aromatic nitrogens is 2. The molecule has 1 aromatic rings. The van der Waals surface area contributed by atoms with Gasteiger partial charge in [-0.3, -0.25) is 5.10 Å². The van der Waals surface area contributed by atoms with Gasteiger partial charge < -0.3 is 5.32 Å². The molecule has 1 atom stereocenters. The maximum Gasteiger partial charge on any atom is 0.433 e. The van der Waals surface area contributed by atoms with Crippen LogP contribution in [0.15, 0.2) is 36.5 Å². The summed E-state index contributed by atoms with van der Waals surface area (Å²) in [5.41, 5.74) is -3.29. The highest BCUT2D eigenvalue weighted by Crippen LogP contribution is 2.43. The predicted molar refractivity (Wildman–Crippen MR) is 75.0 cm³/mol. The van der Waals surface area contributed by atoms with Crippen LogP contribution >= 0.6 is 0 Å². The van der Waals surface area contributed by atoms with Gasteiger partial charge in [0.15, 0.2) is 5.82 Å². The summed E-state index contributed by atoms with van der Waals surface area (Å²) in [5, 5.41) is 7.69. The van der Waals surface area contributed by atoms with Gasteiger partial charge in [0.1, 0.15) is 5.69 Å². The van der Waals surface area contributed by atoms with Gasteiger partial charge in [-0.15, -0.1) is 0 Å². The van der Waals surface area contributed by atoms with Crippen LogP contribution in [0.3, 0.4) is 0 Å². The molecular formula is C14H15F6N3. The third-order valence-corrected chi connectivity index (χ3v) is 3.22. The molecule has 0 spiro atoms. The molecule has 1 rings (SSSR count). The van der Waals surface area contributed by atoms with Crippen molar-refractivity contribution in [3.63, 3.8) is 0 Å². The van der Waals surface area contributed by atoms with Gasteiger partial charge in [-0.25, -0.2) is 0 Å². The molecule has 2 N–H and O–H groups in total. The van der Waals surface area contributed by atoms with Crippen LogP contribution in [0.1, 0.15) is 24.1 Å². The number of nitrogens with one attached hydrogen (secondary N) is 2. The van der Waals surface area contributed by atoms with Crippen LogP contribution in [0.25, 0.3) is 0 Å². The topological polar surface area (TPSA) is 40.7 Å². The Labute approximate surface area is 128 Å². The average molecular weight is 339 g/mol. The van der Waals surface area contributed by atoms with Crippen molar-refractivity contribution in [2.45, 2.75) is 25.2 Å². The van der Waals surface area contributed by atoms with E-state index in [9.17, 15) is 26.3 Å². The fourth-order valence-corrected chi connectivity index (χ4v) is 2.09. The van der Waals surface area contributed by atoms with Crippen molar-refractivity contribution in [1.82, 2.24) is 10.2 Å². The van der Waals surface area contributed by atoms with Gasteiger partial charge in [0.25, 0.3) is 0 Å². The van der Waals surface area contributed by atoms with Crippen molar-refractivity contribution in [2.75, 3.05) is 12.4 Å². The number of H-pyrrole nitrogens is 1. The number of anilines is 1. The monoisotopic (exact) mass is 339 g/mol. The Bertz CT molecular complexity index is 621. The van der Waals surface area contributed by atoms with Crippen molar-refractivity contribution >= 4 is 5.82 Å². The highest BCUT2D eigenvalue weighted by Gasteiger charge is 2.42. The van der Waals surface area contributed by atoms with E-state index in [1.807, 2.05) is 5.10 Å². The van der Waals surface area contributed by atoms with E-state index in [0.717, 1.165) is 6.08 Å². The van der Waals surface area contributed by atoms with Gasteiger partial charge in [0.2, 0.25) is 0 Å². The molecule has 128 valence electrons. The van der Waals surface area contributed by atoms with E-state index in [0.29, 0.717) is 6.08 Å². The Morgan fingerprint density at radius 1 is 1.26 bits per heavy atom. The molecule has 0 saturated heterocycles. The first-order valence-corrected chi connectivity index (χ1v) is 6.37. The molecule has 0 aliphatic heterocycles. The summed E-state index contributed by atoms with van der Waals surface area (Å²) in [6.45, 7) is 7.70. The first-order chi connectivity index (χ1) is 10.4. The molecule has 9 heteroatoms. The van der Waals surface area contributed by atoms with Crippen LogP contribution in [0.5, 0.6) is 0 Å². The van der Waals surface area contributed by atoms with Crippen LogP contribution < -0.4 is 5.32 Å². The van der Waals surface area contributed by atoms with Crippen molar-refractivity contribution < 1.29 is 26.3 Å². The summed E-state index contributed by atoms with van der Waals surface area (Å²) in [6, 6.07) is 0. The number of hydrogen-bond donors (Lipinski definition) is 2. The molecule has 1 heterocycles. The smallest absolute Gasteiger partial charge is 0.371 e. The number of halogens is 6. The average Bonchev–Trinajstić information content (AvgIpc) is 2.85. The lowest BCUT2D eigenvalue weighted by Crippen LogP contribution is -2.18. The minimum atomic E-state index is -4.79. The lowest BCUT2D eigenvalue weighted by molar-refractivity contribution is -0.141. The molecule has 0 radical (unpaired) electrons. The molecule has 0 saturated carbocycles. The zero-order chi connectivity index (χ0) is 18.0. The second-order valence-corrected chi connectivity index (χ2v) is 4.67. The summed E-state index contributed by atoms with van der Waals surface area (Å²) in [6.07, 6.45) is -7.97. The highest BCUT2D eigenvalue weighted by molar-refractivity contribution is 5.55. The molecule has 23 heavy (non-hydrogen) atoms. The van der Waals surface area contributed by atoms with Crippen molar-refractivity contribution in [3.8, 4) is 0 Å². The Kier molecular flexibility index (Phi) is 5.34. The van der Waals surface area contributed by atoms with Gasteiger partial charge in [0, 0.05) is 18.5 Å². The second-order valence-electron chi connectivity index (χ2n) is 4.67. The minimum Gasteiger partial charge on any atom is -0.371 e. The molecular weight excluding hydrogens is 324 g/mol. The van der Waals surface area contributed by atoms with E-state index in [-0.39, 0.29) is 5.82 Å². The zero-order valence-electron chi connectivity index (χ0n) is 12.4. The SMILES string of the molecule is C=CC=C(C(=C)C(C)c1c(NC)n[nH]c1C(F)(F)F)C(F)(F)F. The van der Waals surface area contributed by atoms with E-state index in [1.54, 1.807) is 0 Å². The van der Waals surface area contributed by atoms with Crippen molar-refractivity contribution in [3.05, 3.63) is 47.7 Å². The Hall–Kier alpha value is -2.19. The fraction of sp³-hybridized carbons (Fsp3) is 0.357. The largest absolute Gasteiger partial charge is 0.433 e. The van der Waals surface area contributed by atoms with E-state index < -0.39 is 40.7 Å². The maximum absolute atomic E-state index is 13.0. The molecule has 0 aliphatic carbocycles. The van der Waals surface area contributed by atoms with Crippen molar-refractivity contribution in [1.29, 1.82) is 0 Å². The number of rotatable bonds is 5. The Morgan fingerprint density at radius 2 is 1.83 bits per heavy atom. The molecule has 0 amide bonds. The van der Waals surface area contributed by atoms with Gasteiger partial charge in [-0.1, -0.05) is 32.2 Å². The molecule has 1 aromatic heterocycles. The van der Waals surface area contributed by atoms with Crippen LogP contribution in [0, 0.1) is 0 Å². The van der Waals surface area contributed by atoms with Crippen LogP contribution in [-0.2, 0) is 6.18 Å². The normalized spacial score (nSPS) is 14.5. The van der Waals surface area contributed by atoms with Crippen LogP contribution in [0.2, 0.25) is 0 Å². The molecule has 0 aromatic carbocycles. The lowest BCUT2D eigenvalue weighted by Gasteiger charge is -2.21. The van der Waals surface area contributed by atoms with E-state index in [4.69, 9.17) is 0 Å². The summed E-state index contributed by atoms with van der Waals surface area (Å²) >= 11 is 0. The lowest BCUT2D eigenvalue weighted by atomic mass is 9.88. The quantitative estimate of drug-likeness (QED) is 0.597. The van der Waals surface area contributed by atoms with E-state index in [2.05, 4.69) is 23.6 Å². The Morgan fingerprint density at radius 3 is 2.22 bits per heavy atom. The van der Waals surface area contributed by atoms with Gasteiger partial charge >= 0.3 is 12.4 Å². The van der Waals surface area contributed by atoms with Gasteiger partial charge in [0.05, 0.1) is 5.57 Å². The third kappa shape index (κ3) is 3.96. The van der Waals surface area contributed by atoms with Crippen LogP contribution in [0.4, 0.5) is 32.2 Å². The Balaban J connectivity index is 3.42. The zero-order valence-corrected chi connectivity index (χ0v) is 12.4. The minimum absolute atomic E-state index is 0.189. The molecule has 1 unspecified atom stereocenters. The molecule has 0 bridgehead atoms.